The summed E-state index contributed by atoms with van der Waals surface area (Å²) in [6.45, 7) is 8.68. The summed E-state index contributed by atoms with van der Waals surface area (Å²) in [6, 6.07) is 1.96. The van der Waals surface area contributed by atoms with Crippen molar-refractivity contribution in [2.45, 2.75) is 27.7 Å². The van der Waals surface area contributed by atoms with E-state index in [-0.39, 0.29) is 0 Å². The predicted octanol–water partition coefficient (Wildman–Crippen LogP) is 2.37. The predicted molar refractivity (Wildman–Crippen MR) is 69.9 cm³/mol. The summed E-state index contributed by atoms with van der Waals surface area (Å²) in [7, 11) is 0. The minimum atomic E-state index is 0.337. The highest BCUT2D eigenvalue weighted by atomic mass is 32.1. The maximum absolute atomic E-state index is 5.68. The Hall–Kier alpha value is -1.16. The third-order valence-electron chi connectivity index (χ3n) is 2.11. The number of nitrogens with two attached hydrogens (primary N) is 1. The summed E-state index contributed by atoms with van der Waals surface area (Å²) in [6.07, 6.45) is 0. The van der Waals surface area contributed by atoms with Crippen molar-refractivity contribution < 1.29 is 4.74 Å². The van der Waals surface area contributed by atoms with Crippen LogP contribution in [0.25, 0.3) is 0 Å². The summed E-state index contributed by atoms with van der Waals surface area (Å²) in [5, 5.41) is 0. The van der Waals surface area contributed by atoms with Crippen LogP contribution in [0.3, 0.4) is 0 Å². The lowest BCUT2D eigenvalue weighted by molar-refractivity contribution is 0.260. The maximum Gasteiger partial charge on any atom is 0.224 e. The second kappa shape index (κ2) is 5.25. The Morgan fingerprint density at radius 1 is 1.50 bits per heavy atom. The molecule has 1 aromatic heterocycles. The van der Waals surface area contributed by atoms with E-state index in [0.29, 0.717) is 23.4 Å². The second-order valence-electron chi connectivity index (χ2n) is 4.33. The first kappa shape index (κ1) is 12.9. The molecule has 0 saturated carbocycles. The molecule has 0 amide bonds. The van der Waals surface area contributed by atoms with E-state index in [1.165, 1.54) is 0 Å². The fourth-order valence-corrected chi connectivity index (χ4v) is 1.70. The summed E-state index contributed by atoms with van der Waals surface area (Å²) in [5.41, 5.74) is 8.36. The second-order valence-corrected chi connectivity index (χ2v) is 4.77. The lowest BCUT2D eigenvalue weighted by Crippen LogP contribution is -2.16. The highest BCUT2D eigenvalue weighted by Crippen LogP contribution is 2.21. The zero-order valence-corrected chi connectivity index (χ0v) is 11.0. The maximum atomic E-state index is 5.68. The van der Waals surface area contributed by atoms with Gasteiger partial charge in [-0.2, -0.15) is 0 Å². The average molecular weight is 238 g/mol. The quantitative estimate of drug-likeness (QED) is 0.818. The third kappa shape index (κ3) is 3.17. The van der Waals surface area contributed by atoms with Crippen molar-refractivity contribution in [2.75, 3.05) is 6.61 Å². The van der Waals surface area contributed by atoms with Crippen LogP contribution in [0.2, 0.25) is 0 Å². The minimum Gasteiger partial charge on any atom is -0.477 e. The Bertz CT molecular complexity index is 402. The topological polar surface area (TPSA) is 48.1 Å². The van der Waals surface area contributed by atoms with Gasteiger partial charge in [-0.1, -0.05) is 26.1 Å². The van der Waals surface area contributed by atoms with Gasteiger partial charge in [0, 0.05) is 5.69 Å². The van der Waals surface area contributed by atoms with Gasteiger partial charge in [0.15, 0.2) is 0 Å². The molecule has 0 spiro atoms. The lowest BCUT2D eigenvalue weighted by Gasteiger charge is -2.14. The molecule has 0 radical (unpaired) electrons. The molecule has 1 aromatic rings. The molecular formula is C12H18N2OS. The molecule has 0 aliphatic carbocycles. The van der Waals surface area contributed by atoms with E-state index in [2.05, 4.69) is 18.8 Å². The molecule has 4 heteroatoms. The van der Waals surface area contributed by atoms with Crippen LogP contribution in [-0.2, 0) is 0 Å². The van der Waals surface area contributed by atoms with Gasteiger partial charge >= 0.3 is 0 Å². The molecule has 0 aromatic carbocycles. The van der Waals surface area contributed by atoms with E-state index in [1.54, 1.807) is 0 Å². The van der Waals surface area contributed by atoms with Crippen molar-refractivity contribution in [3.63, 3.8) is 0 Å². The van der Waals surface area contributed by atoms with Gasteiger partial charge in [-0.3, -0.25) is 0 Å². The number of hydrogen-bond donors (Lipinski definition) is 1. The van der Waals surface area contributed by atoms with Gasteiger partial charge in [0.05, 0.1) is 12.2 Å². The molecule has 0 unspecified atom stereocenters. The number of rotatable bonds is 4. The molecule has 1 rings (SSSR count). The summed E-state index contributed by atoms with van der Waals surface area (Å²) < 4.78 is 5.64. The number of hydrogen-bond acceptors (Lipinski definition) is 3. The lowest BCUT2D eigenvalue weighted by atomic mass is 10.1. The molecule has 16 heavy (non-hydrogen) atoms. The minimum absolute atomic E-state index is 0.337. The molecule has 0 saturated heterocycles. The number of thiocarbonyl (C=S) groups is 1. The molecule has 0 fully saturated rings. The van der Waals surface area contributed by atoms with Gasteiger partial charge in [-0.25, -0.2) is 4.98 Å². The normalized spacial score (nSPS) is 10.6. The van der Waals surface area contributed by atoms with Crippen LogP contribution >= 0.6 is 12.2 Å². The largest absolute Gasteiger partial charge is 0.477 e. The molecule has 0 bridgehead atoms. The molecule has 1 heterocycles. The van der Waals surface area contributed by atoms with E-state index >= 15 is 0 Å². The van der Waals surface area contributed by atoms with Gasteiger partial charge in [-0.05, 0) is 31.4 Å². The van der Waals surface area contributed by atoms with Crippen molar-refractivity contribution in [1.29, 1.82) is 0 Å². The molecule has 0 atom stereocenters. The highest BCUT2D eigenvalue weighted by molar-refractivity contribution is 7.80. The van der Waals surface area contributed by atoms with E-state index < -0.39 is 0 Å². The average Bonchev–Trinajstić information content (AvgIpc) is 2.12. The van der Waals surface area contributed by atoms with Crippen LogP contribution in [0.15, 0.2) is 6.07 Å². The standard InChI is InChI=1S/C12H18N2OS/c1-7(2)6-15-12-10(11(13)16)8(3)5-9(4)14-12/h5,7H,6H2,1-4H3,(H2,13,16). The van der Waals surface area contributed by atoms with Crippen LogP contribution in [0.5, 0.6) is 5.88 Å². The summed E-state index contributed by atoms with van der Waals surface area (Å²) in [5.74, 6) is 1.00. The van der Waals surface area contributed by atoms with Crippen molar-refractivity contribution in [3.05, 3.63) is 22.9 Å². The first-order chi connectivity index (χ1) is 7.41. The SMILES string of the molecule is Cc1cc(C)c(C(N)=S)c(OCC(C)C)n1. The number of aryl methyl sites for hydroxylation is 2. The van der Waals surface area contributed by atoms with E-state index in [1.807, 2.05) is 19.9 Å². The number of ether oxygens (including phenoxy) is 1. The zero-order chi connectivity index (χ0) is 12.3. The van der Waals surface area contributed by atoms with Gasteiger partial charge in [-0.15, -0.1) is 0 Å². The van der Waals surface area contributed by atoms with Crippen molar-refractivity contribution in [1.82, 2.24) is 4.98 Å². The Kier molecular flexibility index (Phi) is 4.24. The third-order valence-corrected chi connectivity index (χ3v) is 2.32. The summed E-state index contributed by atoms with van der Waals surface area (Å²) in [4.78, 5) is 4.67. The molecule has 0 aliphatic rings. The first-order valence-electron chi connectivity index (χ1n) is 5.32. The molecule has 88 valence electrons. The Balaban J connectivity index is 3.09. The Morgan fingerprint density at radius 2 is 2.12 bits per heavy atom. The van der Waals surface area contributed by atoms with Crippen LogP contribution in [-0.4, -0.2) is 16.6 Å². The highest BCUT2D eigenvalue weighted by Gasteiger charge is 2.13. The van der Waals surface area contributed by atoms with Crippen molar-refractivity contribution in [3.8, 4) is 5.88 Å². The van der Waals surface area contributed by atoms with Gasteiger partial charge in [0.25, 0.3) is 0 Å². The molecule has 0 aliphatic heterocycles. The zero-order valence-electron chi connectivity index (χ0n) is 10.2. The van der Waals surface area contributed by atoms with E-state index in [0.717, 1.165) is 16.8 Å². The molecule has 3 nitrogen and oxygen atoms in total. The van der Waals surface area contributed by atoms with Crippen LogP contribution in [0, 0.1) is 19.8 Å². The van der Waals surface area contributed by atoms with Crippen LogP contribution in [0.4, 0.5) is 0 Å². The van der Waals surface area contributed by atoms with Gasteiger partial charge < -0.3 is 10.5 Å². The number of aromatic nitrogens is 1. The van der Waals surface area contributed by atoms with Crippen molar-refractivity contribution in [2.24, 2.45) is 11.7 Å². The van der Waals surface area contributed by atoms with Gasteiger partial charge in [0.1, 0.15) is 4.99 Å². The van der Waals surface area contributed by atoms with Crippen LogP contribution in [0.1, 0.15) is 30.7 Å². The summed E-state index contributed by atoms with van der Waals surface area (Å²) >= 11 is 5.02. The van der Waals surface area contributed by atoms with Crippen LogP contribution < -0.4 is 10.5 Å². The Labute approximate surface area is 102 Å². The monoisotopic (exact) mass is 238 g/mol. The Morgan fingerprint density at radius 3 is 2.62 bits per heavy atom. The fourth-order valence-electron chi connectivity index (χ4n) is 1.45. The van der Waals surface area contributed by atoms with E-state index in [4.69, 9.17) is 22.7 Å². The fraction of sp³-hybridized carbons (Fsp3) is 0.500. The smallest absolute Gasteiger partial charge is 0.224 e. The first-order valence-corrected chi connectivity index (χ1v) is 5.73. The number of nitrogens with zero attached hydrogens (tertiary/aromatic N) is 1. The molecular weight excluding hydrogens is 220 g/mol. The van der Waals surface area contributed by atoms with Gasteiger partial charge in [0.2, 0.25) is 5.88 Å². The number of pyridine rings is 1. The molecule has 2 N–H and O–H groups in total. The van der Waals surface area contributed by atoms with E-state index in [9.17, 15) is 0 Å². The van der Waals surface area contributed by atoms with Crippen molar-refractivity contribution >= 4 is 17.2 Å².